The summed E-state index contributed by atoms with van der Waals surface area (Å²) in [6, 6.07) is 31.2. The molecule has 7 rings (SSSR count). The molecule has 0 saturated heterocycles. The Morgan fingerprint density at radius 1 is 0.885 bits per heavy atom. The van der Waals surface area contributed by atoms with Gasteiger partial charge in [-0.25, -0.2) is 9.59 Å². The van der Waals surface area contributed by atoms with Crippen LogP contribution in [-0.4, -0.2) is 39.4 Å². The van der Waals surface area contributed by atoms with Crippen molar-refractivity contribution in [1.82, 2.24) is 14.9 Å². The number of esters is 1. The Labute approximate surface area is 304 Å². The van der Waals surface area contributed by atoms with Crippen LogP contribution in [0.15, 0.2) is 102 Å². The maximum Gasteiger partial charge on any atom is 0.407 e. The second-order valence-electron chi connectivity index (χ2n) is 13.3. The molecule has 2 heterocycles. The van der Waals surface area contributed by atoms with Gasteiger partial charge in [-0.3, -0.25) is 4.79 Å². The highest BCUT2D eigenvalue weighted by Gasteiger charge is 2.31. The Balaban J connectivity index is 1.27. The molecule has 0 aliphatic heterocycles. The van der Waals surface area contributed by atoms with Gasteiger partial charge in [-0.05, 0) is 81.9 Å². The largest absolute Gasteiger partial charge is 0.588 e. The van der Waals surface area contributed by atoms with E-state index in [0.29, 0.717) is 34.3 Å². The SMILES string of the molecule is CCOC(=O)c1c(C)nc(-c2ccc3c(=O)n(CC(C)C)c(CNC(=O)OCC4c5ccccc5-c5ccccc54)c(-c4ccccc4)c3c2)[s+]1[O-]. The number of rotatable bonds is 10. The van der Waals surface area contributed by atoms with Gasteiger partial charge in [0.05, 0.1) is 18.7 Å². The van der Waals surface area contributed by atoms with Gasteiger partial charge < -0.3 is 23.9 Å². The first-order valence-electron chi connectivity index (χ1n) is 17.4. The summed E-state index contributed by atoms with van der Waals surface area (Å²) in [5.41, 5.74) is 7.34. The monoisotopic (exact) mass is 713 g/mol. The molecule has 1 aliphatic carbocycles. The summed E-state index contributed by atoms with van der Waals surface area (Å²) in [4.78, 5) is 44.9. The number of pyridine rings is 1. The van der Waals surface area contributed by atoms with E-state index in [0.717, 1.165) is 33.4 Å². The zero-order valence-electron chi connectivity index (χ0n) is 29.5. The molecule has 0 spiro atoms. The first kappa shape index (κ1) is 34.9. The van der Waals surface area contributed by atoms with Crippen LogP contribution in [0.4, 0.5) is 4.79 Å². The van der Waals surface area contributed by atoms with Crippen LogP contribution in [0.2, 0.25) is 0 Å². The number of thiazole rings is 1. The van der Waals surface area contributed by atoms with Crippen LogP contribution in [0.5, 0.6) is 0 Å². The fourth-order valence-electron chi connectivity index (χ4n) is 7.17. The van der Waals surface area contributed by atoms with Gasteiger partial charge in [-0.2, -0.15) is 4.98 Å². The molecule has 0 saturated carbocycles. The van der Waals surface area contributed by atoms with Gasteiger partial charge in [-0.1, -0.05) is 92.7 Å². The molecule has 0 fully saturated rings. The Morgan fingerprint density at radius 2 is 1.54 bits per heavy atom. The second kappa shape index (κ2) is 14.6. The topological polar surface area (TPSA) is 123 Å². The number of carbonyl (C=O) groups excluding carboxylic acids is 2. The van der Waals surface area contributed by atoms with Crippen molar-refractivity contribution in [3.8, 4) is 32.8 Å². The third kappa shape index (κ3) is 6.40. The van der Waals surface area contributed by atoms with Gasteiger partial charge in [-0.15, -0.1) is 0 Å². The fourth-order valence-corrected chi connectivity index (χ4v) is 8.45. The molecule has 9 nitrogen and oxygen atoms in total. The summed E-state index contributed by atoms with van der Waals surface area (Å²) in [7, 11) is -1.87. The van der Waals surface area contributed by atoms with E-state index in [4.69, 9.17) is 9.47 Å². The van der Waals surface area contributed by atoms with Crippen LogP contribution < -0.4 is 10.9 Å². The summed E-state index contributed by atoms with van der Waals surface area (Å²) in [6.45, 7) is 8.13. The molecule has 1 amide bonds. The lowest BCUT2D eigenvalue weighted by Gasteiger charge is -2.22. The van der Waals surface area contributed by atoms with Gasteiger partial charge in [0, 0.05) is 29.1 Å². The van der Waals surface area contributed by atoms with Gasteiger partial charge in [0.25, 0.3) is 15.4 Å². The van der Waals surface area contributed by atoms with E-state index in [9.17, 15) is 18.9 Å². The Kier molecular flexibility index (Phi) is 9.77. The number of benzene rings is 4. The highest BCUT2D eigenvalue weighted by molar-refractivity contribution is 7.29. The molecule has 2 aromatic heterocycles. The first-order valence-corrected chi connectivity index (χ1v) is 18.5. The van der Waals surface area contributed by atoms with Gasteiger partial charge in [0.1, 0.15) is 12.3 Å². The quantitative estimate of drug-likeness (QED) is 0.111. The highest BCUT2D eigenvalue weighted by atomic mass is 32.2. The van der Waals surface area contributed by atoms with E-state index in [1.165, 1.54) is 0 Å². The predicted octanol–water partition coefficient (Wildman–Crippen LogP) is 8.64. The van der Waals surface area contributed by atoms with Crippen molar-refractivity contribution in [2.45, 2.75) is 46.7 Å². The normalized spacial score (nSPS) is 12.5. The number of nitrogens with one attached hydrogen (secondary N) is 1. The minimum Gasteiger partial charge on any atom is -0.588 e. The number of ether oxygens (including phenoxy) is 2. The molecule has 1 unspecified atom stereocenters. The number of alkyl carbamates (subject to hydrolysis) is 1. The summed E-state index contributed by atoms with van der Waals surface area (Å²) >= 11 is 0. The van der Waals surface area contributed by atoms with E-state index in [-0.39, 0.29) is 47.0 Å². The molecule has 1 N–H and O–H groups in total. The van der Waals surface area contributed by atoms with Crippen molar-refractivity contribution >= 4 is 33.6 Å². The molecule has 1 aliphatic rings. The molecule has 10 heteroatoms. The lowest BCUT2D eigenvalue weighted by Crippen LogP contribution is -2.32. The number of hydrogen-bond donors (Lipinski definition) is 1. The number of hydrogen-bond acceptors (Lipinski definition) is 7. The number of amides is 1. The smallest absolute Gasteiger partial charge is 0.407 e. The summed E-state index contributed by atoms with van der Waals surface area (Å²) < 4.78 is 26.3. The van der Waals surface area contributed by atoms with Gasteiger partial charge in [0.2, 0.25) is 0 Å². The van der Waals surface area contributed by atoms with Crippen LogP contribution in [0.3, 0.4) is 0 Å². The maximum absolute atomic E-state index is 14.3. The number of carbonyl (C=O) groups is 2. The summed E-state index contributed by atoms with van der Waals surface area (Å²) in [5, 5.41) is 4.24. The number of aryl methyl sites for hydroxylation is 1. The fraction of sp³-hybridized carbons (Fsp3) is 0.238. The first-order chi connectivity index (χ1) is 25.2. The van der Waals surface area contributed by atoms with Crippen molar-refractivity contribution < 1.29 is 23.6 Å². The van der Waals surface area contributed by atoms with Crippen molar-refractivity contribution in [2.24, 2.45) is 5.92 Å². The van der Waals surface area contributed by atoms with Crippen LogP contribution in [-0.2, 0) is 22.6 Å². The lowest BCUT2D eigenvalue weighted by molar-refractivity contribution is 0.0530. The lowest BCUT2D eigenvalue weighted by atomic mass is 9.95. The van der Waals surface area contributed by atoms with Crippen LogP contribution >= 0.6 is 10.8 Å². The summed E-state index contributed by atoms with van der Waals surface area (Å²) in [5.74, 6) is -0.638. The van der Waals surface area contributed by atoms with Gasteiger partial charge in [0.15, 0.2) is 0 Å². The number of nitrogens with zero attached hydrogens (tertiary/aromatic N) is 2. The Bertz CT molecular complexity index is 2330. The average molecular weight is 714 g/mol. The predicted molar refractivity (Wildman–Crippen MR) is 203 cm³/mol. The molecule has 264 valence electrons. The second-order valence-corrected chi connectivity index (χ2v) is 14.6. The molecular formula is C42H39N3O6S. The van der Waals surface area contributed by atoms with Crippen molar-refractivity contribution in [3.05, 3.63) is 135 Å². The molecule has 0 radical (unpaired) electrons. The Hall–Kier alpha value is -5.58. The van der Waals surface area contributed by atoms with Crippen LogP contribution in [0.25, 0.3) is 43.6 Å². The molecule has 1 atom stereocenters. The standard InChI is InChI=1S/C42H39N3O6S/c1-5-50-41(47)38-26(4)44-39(52(38)49)28-19-20-33-34(21-28)37(27-13-7-6-8-14-27)36(45(40(33)46)23-25(2)3)22-43-42(48)51-24-35-31-17-11-9-15-29(31)30-16-10-12-18-32(30)35/h6-21,25,35H,5,22-24H2,1-4H3,(H,43,48). The molecule has 0 bridgehead atoms. The highest BCUT2D eigenvalue weighted by Crippen LogP contribution is 2.45. The van der Waals surface area contributed by atoms with Gasteiger partial charge >= 0.3 is 12.1 Å². The maximum atomic E-state index is 14.3. The van der Waals surface area contributed by atoms with Crippen LogP contribution in [0.1, 0.15) is 58.9 Å². The molecule has 4 aromatic carbocycles. The van der Waals surface area contributed by atoms with Crippen molar-refractivity contribution in [1.29, 1.82) is 0 Å². The minimum absolute atomic E-state index is 0.0144. The molecule has 52 heavy (non-hydrogen) atoms. The summed E-state index contributed by atoms with van der Waals surface area (Å²) in [6.07, 6.45) is -0.595. The third-order valence-corrected chi connectivity index (χ3v) is 10.9. The van der Waals surface area contributed by atoms with Crippen molar-refractivity contribution in [3.63, 3.8) is 0 Å². The third-order valence-electron chi connectivity index (χ3n) is 9.40. The van der Waals surface area contributed by atoms with E-state index < -0.39 is 22.8 Å². The number of fused-ring (bicyclic) bond motifs is 4. The zero-order chi connectivity index (χ0) is 36.5. The van der Waals surface area contributed by atoms with Crippen LogP contribution in [0, 0.1) is 12.8 Å². The van der Waals surface area contributed by atoms with E-state index in [1.807, 2.05) is 68.4 Å². The van der Waals surface area contributed by atoms with E-state index in [2.05, 4.69) is 34.6 Å². The minimum atomic E-state index is -1.87. The van der Waals surface area contributed by atoms with Crippen molar-refractivity contribution in [2.75, 3.05) is 13.2 Å². The molecular weight excluding hydrogens is 675 g/mol. The molecule has 6 aromatic rings. The number of aromatic nitrogens is 2. The Morgan fingerprint density at radius 3 is 2.19 bits per heavy atom. The zero-order valence-corrected chi connectivity index (χ0v) is 30.3. The van der Waals surface area contributed by atoms with E-state index >= 15 is 0 Å². The van der Waals surface area contributed by atoms with E-state index in [1.54, 1.807) is 36.6 Å². The average Bonchev–Trinajstić information content (AvgIpc) is 3.63.